The molecule has 0 atom stereocenters. The summed E-state index contributed by atoms with van der Waals surface area (Å²) in [5, 5.41) is 4.66. The Labute approximate surface area is 190 Å². The number of nitrogens with one attached hydrogen (secondary N) is 2. The van der Waals surface area contributed by atoms with Gasteiger partial charge in [0.15, 0.2) is 0 Å². The van der Waals surface area contributed by atoms with Crippen molar-refractivity contribution < 1.29 is 31.7 Å². The quantitative estimate of drug-likeness (QED) is 0.443. The lowest BCUT2D eigenvalue weighted by atomic mass is 9.77. The lowest BCUT2D eigenvalue weighted by Crippen LogP contribution is -2.41. The predicted molar refractivity (Wildman–Crippen MR) is 121 cm³/mol. The van der Waals surface area contributed by atoms with Crippen molar-refractivity contribution in [3.05, 3.63) is 59.9 Å². The van der Waals surface area contributed by atoms with Gasteiger partial charge in [0.25, 0.3) is 0 Å². The lowest BCUT2D eigenvalue weighted by molar-refractivity contribution is -0.137. The van der Waals surface area contributed by atoms with Gasteiger partial charge in [-0.15, -0.1) is 0 Å². The van der Waals surface area contributed by atoms with E-state index in [9.17, 15) is 22.4 Å². The summed E-state index contributed by atoms with van der Waals surface area (Å²) < 4.78 is 64.8. The monoisotopic (exact) mass is 464 g/mol. The molecule has 0 radical (unpaired) electrons. The Bertz CT molecular complexity index is 1080. The van der Waals surface area contributed by atoms with Gasteiger partial charge in [0.2, 0.25) is 0 Å². The van der Waals surface area contributed by atoms with Crippen LogP contribution in [0.1, 0.15) is 45.7 Å². The van der Waals surface area contributed by atoms with Crippen molar-refractivity contribution in [3.63, 3.8) is 0 Å². The molecule has 5 nitrogen and oxygen atoms in total. The van der Waals surface area contributed by atoms with Crippen molar-refractivity contribution in [2.24, 2.45) is 0 Å². The number of allylic oxidation sites excluding steroid dienone is 1. The van der Waals surface area contributed by atoms with Crippen molar-refractivity contribution >= 4 is 35.6 Å². The maximum atomic E-state index is 14.0. The first-order valence-electron chi connectivity index (χ1n) is 10.2. The molecule has 33 heavy (non-hydrogen) atoms. The van der Waals surface area contributed by atoms with E-state index in [0.29, 0.717) is 40.5 Å². The van der Waals surface area contributed by atoms with Crippen LogP contribution >= 0.6 is 0 Å². The van der Waals surface area contributed by atoms with Crippen LogP contribution in [0.3, 0.4) is 0 Å². The third-order valence-corrected chi connectivity index (χ3v) is 5.82. The maximum absolute atomic E-state index is 14.0. The van der Waals surface area contributed by atoms with Crippen LogP contribution in [0.15, 0.2) is 43.0 Å². The number of halogens is 4. The molecule has 2 aromatic carbocycles. The highest BCUT2D eigenvalue weighted by Crippen LogP contribution is 2.37. The van der Waals surface area contributed by atoms with Crippen LogP contribution in [-0.4, -0.2) is 24.4 Å². The number of alkyl halides is 3. The van der Waals surface area contributed by atoms with Crippen LogP contribution in [0.25, 0.3) is 5.57 Å². The molecule has 1 heterocycles. The number of amides is 2. The molecule has 2 N–H and O–H groups in total. The average molecular weight is 464 g/mol. The number of carbonyl (C=O) groups is 1. The minimum absolute atomic E-state index is 0.340. The molecule has 176 valence electrons. The molecule has 0 spiro atoms. The van der Waals surface area contributed by atoms with Crippen LogP contribution in [0.2, 0.25) is 0 Å². The molecule has 2 aromatic rings. The summed E-state index contributed by atoms with van der Waals surface area (Å²) in [7, 11) is -0.629. The molecule has 0 aromatic heterocycles. The Morgan fingerprint density at radius 1 is 0.970 bits per heavy atom. The molecular weight excluding hydrogens is 439 g/mol. The largest absolute Gasteiger partial charge is 0.494 e. The van der Waals surface area contributed by atoms with Gasteiger partial charge in [-0.05, 0) is 69.9 Å². The van der Waals surface area contributed by atoms with E-state index in [2.05, 4.69) is 17.2 Å². The molecule has 1 aliphatic heterocycles. The van der Waals surface area contributed by atoms with Gasteiger partial charge >= 0.3 is 19.3 Å². The van der Waals surface area contributed by atoms with Crippen molar-refractivity contribution in [2.75, 3.05) is 10.6 Å². The summed E-state index contributed by atoms with van der Waals surface area (Å²) in [5.41, 5.74) is -0.494. The minimum atomic E-state index is -4.67. The molecule has 0 aliphatic carbocycles. The van der Waals surface area contributed by atoms with Gasteiger partial charge in [0.05, 0.1) is 22.5 Å². The highest BCUT2D eigenvalue weighted by atomic mass is 19.4. The molecule has 1 aliphatic rings. The Balaban J connectivity index is 1.82. The summed E-state index contributed by atoms with van der Waals surface area (Å²) in [5.74, 6) is -0.991. The summed E-state index contributed by atoms with van der Waals surface area (Å²) in [4.78, 5) is 12.4. The second-order valence-electron chi connectivity index (χ2n) is 8.95. The Morgan fingerprint density at radius 3 is 2.09 bits per heavy atom. The van der Waals surface area contributed by atoms with Crippen molar-refractivity contribution in [2.45, 2.75) is 52.0 Å². The van der Waals surface area contributed by atoms with E-state index >= 15 is 0 Å². The highest BCUT2D eigenvalue weighted by molar-refractivity contribution is 6.62. The van der Waals surface area contributed by atoms with Crippen molar-refractivity contribution in [1.82, 2.24) is 0 Å². The lowest BCUT2D eigenvalue weighted by Gasteiger charge is -2.32. The molecule has 1 fully saturated rings. The van der Waals surface area contributed by atoms with Gasteiger partial charge in [0, 0.05) is 11.3 Å². The smallest absolute Gasteiger partial charge is 0.399 e. The first kappa shape index (κ1) is 24.8. The predicted octanol–water partition coefficient (Wildman–Crippen LogP) is 5.82. The molecule has 1 saturated heterocycles. The number of anilines is 2. The zero-order valence-electron chi connectivity index (χ0n) is 19.0. The van der Waals surface area contributed by atoms with E-state index in [0.717, 1.165) is 0 Å². The first-order chi connectivity index (χ1) is 15.1. The van der Waals surface area contributed by atoms with E-state index in [-0.39, 0.29) is 0 Å². The number of hydrogen-bond acceptors (Lipinski definition) is 3. The van der Waals surface area contributed by atoms with Crippen LogP contribution in [0, 0.1) is 5.82 Å². The summed E-state index contributed by atoms with van der Waals surface area (Å²) in [6.45, 7) is 13.4. The Morgan fingerprint density at radius 2 is 1.55 bits per heavy atom. The SMILES string of the molecule is C=C(C)c1cc(B2OC(C)(C)C(C)(C)O2)ccc1NC(=O)Nc1cc(C(F)(F)F)ccc1F. The third-order valence-electron chi connectivity index (χ3n) is 5.82. The molecule has 3 rings (SSSR count). The average Bonchev–Trinajstić information content (AvgIpc) is 2.90. The second kappa shape index (κ2) is 8.50. The number of carbonyl (C=O) groups excluding carboxylic acids is 1. The molecule has 0 saturated carbocycles. The van der Waals surface area contributed by atoms with E-state index in [4.69, 9.17) is 9.31 Å². The highest BCUT2D eigenvalue weighted by Gasteiger charge is 2.51. The standard InChI is InChI=1S/C23H25BF4N2O3/c1-13(2)16-12-15(24-32-21(3,4)22(5,6)33-24)8-10-18(16)29-20(31)30-19-11-14(23(26,27)28)7-9-17(19)25/h7-12H,1H2,2-6H3,(H2,29,30,31). The molecular formula is C23H25BF4N2O3. The number of benzene rings is 2. The zero-order valence-corrected chi connectivity index (χ0v) is 19.0. The van der Waals surface area contributed by atoms with Gasteiger partial charge in [-0.3, -0.25) is 0 Å². The summed E-state index contributed by atoms with van der Waals surface area (Å²) >= 11 is 0. The van der Waals surface area contributed by atoms with E-state index in [1.807, 2.05) is 27.7 Å². The van der Waals surface area contributed by atoms with Crippen LogP contribution in [-0.2, 0) is 15.5 Å². The number of rotatable bonds is 4. The molecule has 0 bridgehead atoms. The number of urea groups is 1. The van der Waals surface area contributed by atoms with Crippen LogP contribution in [0.5, 0.6) is 0 Å². The Kier molecular flexibility index (Phi) is 6.38. The first-order valence-corrected chi connectivity index (χ1v) is 10.2. The van der Waals surface area contributed by atoms with Crippen molar-refractivity contribution in [3.8, 4) is 0 Å². The fourth-order valence-corrected chi connectivity index (χ4v) is 3.22. The minimum Gasteiger partial charge on any atom is -0.399 e. The molecule has 0 unspecified atom stereocenters. The zero-order chi connectivity index (χ0) is 24.8. The maximum Gasteiger partial charge on any atom is 0.494 e. The van der Waals surface area contributed by atoms with E-state index < -0.39 is 47.6 Å². The normalized spacial score (nSPS) is 17.1. The van der Waals surface area contributed by atoms with Gasteiger partial charge in [-0.1, -0.05) is 18.7 Å². The second-order valence-corrected chi connectivity index (χ2v) is 8.95. The van der Waals surface area contributed by atoms with Crippen LogP contribution < -0.4 is 16.1 Å². The molecule has 2 amide bonds. The Hall–Kier alpha value is -2.85. The molecule has 10 heteroatoms. The van der Waals surface area contributed by atoms with Gasteiger partial charge < -0.3 is 19.9 Å². The summed E-state index contributed by atoms with van der Waals surface area (Å²) in [6.07, 6.45) is -4.67. The van der Waals surface area contributed by atoms with Crippen LogP contribution in [0.4, 0.5) is 33.7 Å². The van der Waals surface area contributed by atoms with Gasteiger partial charge in [-0.2, -0.15) is 13.2 Å². The van der Waals surface area contributed by atoms with E-state index in [1.54, 1.807) is 25.1 Å². The van der Waals surface area contributed by atoms with Gasteiger partial charge in [-0.25, -0.2) is 9.18 Å². The van der Waals surface area contributed by atoms with Gasteiger partial charge in [0.1, 0.15) is 5.82 Å². The fourth-order valence-electron chi connectivity index (χ4n) is 3.22. The topological polar surface area (TPSA) is 59.6 Å². The summed E-state index contributed by atoms with van der Waals surface area (Å²) in [6, 6.07) is 5.95. The van der Waals surface area contributed by atoms with E-state index in [1.165, 1.54) is 0 Å². The third kappa shape index (κ3) is 5.22. The van der Waals surface area contributed by atoms with Crippen molar-refractivity contribution in [1.29, 1.82) is 0 Å². The fraction of sp³-hybridized carbons (Fsp3) is 0.348. The number of hydrogen-bond donors (Lipinski definition) is 2.